The molecule has 1 saturated carbocycles. The van der Waals surface area contributed by atoms with Gasteiger partial charge in [-0.05, 0) is 36.1 Å². The van der Waals surface area contributed by atoms with Crippen LogP contribution >= 0.6 is 0 Å². The molecule has 2 aliphatic rings. The number of allylic oxidation sites excluding steroid dienone is 1. The van der Waals surface area contributed by atoms with Crippen molar-refractivity contribution >= 4 is 11.4 Å². The minimum absolute atomic E-state index is 0.192. The third-order valence-corrected chi connectivity index (χ3v) is 4.14. The van der Waals surface area contributed by atoms with Gasteiger partial charge in [0.2, 0.25) is 0 Å². The van der Waals surface area contributed by atoms with E-state index in [1.165, 1.54) is 0 Å². The highest BCUT2D eigenvalue weighted by Crippen LogP contribution is 2.49. The number of ether oxygens (including phenoxy) is 1. The monoisotopic (exact) mass is 244 g/mol. The Morgan fingerprint density at radius 2 is 2.06 bits per heavy atom. The van der Waals surface area contributed by atoms with E-state index in [4.69, 9.17) is 4.74 Å². The summed E-state index contributed by atoms with van der Waals surface area (Å²) in [5, 5.41) is 10.7. The molecular weight excluding hydrogens is 228 g/mol. The molecule has 0 heterocycles. The molecule has 0 spiro atoms. The maximum Gasteiger partial charge on any atom is 0.139 e. The van der Waals surface area contributed by atoms with E-state index in [2.05, 4.69) is 0 Å². The molecule has 1 N–H and O–H groups in total. The quantitative estimate of drug-likeness (QED) is 0.867. The summed E-state index contributed by atoms with van der Waals surface area (Å²) in [6.45, 7) is 0. The molecule has 0 aliphatic heterocycles. The molecule has 3 rings (SSSR count). The fraction of sp³-hybridized carbons (Fsp3) is 0.400. The summed E-state index contributed by atoms with van der Waals surface area (Å²) < 4.78 is 5.12. The van der Waals surface area contributed by atoms with Gasteiger partial charge in [0.05, 0.1) is 13.0 Å². The Kier molecular flexibility index (Phi) is 2.52. The second-order valence-corrected chi connectivity index (χ2v) is 5.03. The van der Waals surface area contributed by atoms with Crippen molar-refractivity contribution in [3.8, 4) is 5.75 Å². The maximum absolute atomic E-state index is 11.7. The van der Waals surface area contributed by atoms with Gasteiger partial charge in [-0.1, -0.05) is 18.2 Å². The number of hydrogen-bond donors (Lipinski definition) is 1. The number of Topliss-reactive ketones (excluding diaryl/α,β-unsaturated/α-hetero) is 1. The van der Waals surface area contributed by atoms with E-state index in [9.17, 15) is 9.90 Å². The van der Waals surface area contributed by atoms with E-state index < -0.39 is 5.60 Å². The smallest absolute Gasteiger partial charge is 0.139 e. The highest BCUT2D eigenvalue weighted by Gasteiger charge is 2.51. The molecule has 0 amide bonds. The summed E-state index contributed by atoms with van der Waals surface area (Å²) in [5.41, 5.74) is 0.947. The lowest BCUT2D eigenvalue weighted by atomic mass is 9.85. The highest BCUT2D eigenvalue weighted by molar-refractivity contribution is 5.93. The normalized spacial score (nSPS) is 30.2. The third-order valence-electron chi connectivity index (χ3n) is 4.14. The lowest BCUT2D eigenvalue weighted by Gasteiger charge is -2.26. The average molecular weight is 244 g/mol. The molecule has 3 heteroatoms. The summed E-state index contributed by atoms with van der Waals surface area (Å²) in [6, 6.07) is 7.63. The van der Waals surface area contributed by atoms with Gasteiger partial charge in [0.1, 0.15) is 17.1 Å². The molecule has 0 bridgehead atoms. The first-order valence-electron chi connectivity index (χ1n) is 6.25. The van der Waals surface area contributed by atoms with E-state index in [0.29, 0.717) is 19.3 Å². The summed E-state index contributed by atoms with van der Waals surface area (Å²) in [5.74, 6) is 0.759. The van der Waals surface area contributed by atoms with E-state index >= 15 is 0 Å². The second kappa shape index (κ2) is 3.95. The Balaban J connectivity index is 1.95. The van der Waals surface area contributed by atoms with Gasteiger partial charge in [-0.3, -0.25) is 4.79 Å². The highest BCUT2D eigenvalue weighted by atomic mass is 16.5. The van der Waals surface area contributed by atoms with Gasteiger partial charge in [0.15, 0.2) is 0 Å². The predicted octanol–water partition coefficient (Wildman–Crippen LogP) is 2.19. The minimum atomic E-state index is -0.939. The predicted molar refractivity (Wildman–Crippen MR) is 68.3 cm³/mol. The van der Waals surface area contributed by atoms with Crippen molar-refractivity contribution in [3.05, 3.63) is 35.9 Å². The molecule has 18 heavy (non-hydrogen) atoms. The molecule has 3 nitrogen and oxygen atoms in total. The first-order valence-corrected chi connectivity index (χ1v) is 6.25. The molecule has 0 radical (unpaired) electrons. The molecule has 94 valence electrons. The Hall–Kier alpha value is -1.61. The van der Waals surface area contributed by atoms with Crippen molar-refractivity contribution < 1.29 is 14.6 Å². The van der Waals surface area contributed by atoms with Crippen LogP contribution in [0.4, 0.5) is 0 Å². The zero-order chi connectivity index (χ0) is 12.8. The van der Waals surface area contributed by atoms with E-state index in [1.54, 1.807) is 7.11 Å². The van der Waals surface area contributed by atoms with E-state index in [1.807, 2.05) is 30.3 Å². The fourth-order valence-corrected chi connectivity index (χ4v) is 3.13. The number of aliphatic hydroxyl groups is 1. The van der Waals surface area contributed by atoms with Crippen LogP contribution in [-0.2, 0) is 4.79 Å². The Labute approximate surface area is 106 Å². The molecule has 2 atom stereocenters. The van der Waals surface area contributed by atoms with E-state index in [0.717, 1.165) is 16.9 Å². The number of carbonyl (C=O) groups excluding carboxylic acids is 1. The fourth-order valence-electron chi connectivity index (χ4n) is 3.13. The Morgan fingerprint density at radius 3 is 2.72 bits per heavy atom. The van der Waals surface area contributed by atoms with Crippen LogP contribution in [0, 0.1) is 5.92 Å². The zero-order valence-corrected chi connectivity index (χ0v) is 10.3. The number of benzene rings is 1. The van der Waals surface area contributed by atoms with Gasteiger partial charge in [-0.15, -0.1) is 0 Å². The zero-order valence-electron chi connectivity index (χ0n) is 10.3. The van der Waals surface area contributed by atoms with Crippen molar-refractivity contribution in [2.75, 3.05) is 7.11 Å². The molecule has 0 unspecified atom stereocenters. The van der Waals surface area contributed by atoms with Crippen molar-refractivity contribution in [1.29, 1.82) is 0 Å². The van der Waals surface area contributed by atoms with Gasteiger partial charge >= 0.3 is 0 Å². The molecule has 0 saturated heterocycles. The lowest BCUT2D eigenvalue weighted by molar-refractivity contribution is -0.122. The van der Waals surface area contributed by atoms with Crippen molar-refractivity contribution in [2.45, 2.75) is 24.9 Å². The first kappa shape index (κ1) is 11.5. The summed E-state index contributed by atoms with van der Waals surface area (Å²) in [7, 11) is 1.63. The van der Waals surface area contributed by atoms with E-state index in [-0.39, 0.29) is 11.7 Å². The van der Waals surface area contributed by atoms with Gasteiger partial charge < -0.3 is 9.84 Å². The summed E-state index contributed by atoms with van der Waals surface area (Å²) >= 11 is 0. The van der Waals surface area contributed by atoms with Crippen LogP contribution < -0.4 is 4.74 Å². The third kappa shape index (κ3) is 1.51. The van der Waals surface area contributed by atoms with Crippen LogP contribution in [0.15, 0.2) is 30.3 Å². The average Bonchev–Trinajstić information content (AvgIpc) is 2.87. The van der Waals surface area contributed by atoms with Crippen LogP contribution in [0.25, 0.3) is 5.57 Å². The Bertz CT molecular complexity index is 515. The molecular formula is C15H16O3. The number of methoxy groups -OCH3 is 1. The molecule has 1 fully saturated rings. The molecule has 1 aromatic carbocycles. The van der Waals surface area contributed by atoms with Gasteiger partial charge in [-0.2, -0.15) is 0 Å². The SMILES string of the molecule is COc1ccc(C2=CC[C@@H]3C(=O)CC[C@@]23O)cc1. The van der Waals surface area contributed by atoms with Crippen LogP contribution in [0.3, 0.4) is 0 Å². The van der Waals surface area contributed by atoms with Crippen molar-refractivity contribution in [2.24, 2.45) is 5.92 Å². The van der Waals surface area contributed by atoms with Crippen LogP contribution in [-0.4, -0.2) is 23.6 Å². The van der Waals surface area contributed by atoms with Crippen molar-refractivity contribution in [1.82, 2.24) is 0 Å². The van der Waals surface area contributed by atoms with Crippen molar-refractivity contribution in [3.63, 3.8) is 0 Å². The van der Waals surface area contributed by atoms with Gasteiger partial charge in [0.25, 0.3) is 0 Å². The number of hydrogen-bond acceptors (Lipinski definition) is 3. The van der Waals surface area contributed by atoms with Crippen LogP contribution in [0.2, 0.25) is 0 Å². The summed E-state index contributed by atoms with van der Waals surface area (Å²) in [4.78, 5) is 11.7. The lowest BCUT2D eigenvalue weighted by Crippen LogP contribution is -2.32. The number of ketones is 1. The molecule has 0 aromatic heterocycles. The van der Waals surface area contributed by atoms with Crippen LogP contribution in [0.1, 0.15) is 24.8 Å². The summed E-state index contributed by atoms with van der Waals surface area (Å²) in [6.07, 6.45) is 3.71. The molecule has 1 aromatic rings. The maximum atomic E-state index is 11.7. The second-order valence-electron chi connectivity index (χ2n) is 5.03. The Morgan fingerprint density at radius 1 is 1.33 bits per heavy atom. The first-order chi connectivity index (χ1) is 8.65. The number of rotatable bonds is 2. The van der Waals surface area contributed by atoms with Gasteiger partial charge in [-0.25, -0.2) is 0 Å². The van der Waals surface area contributed by atoms with Crippen LogP contribution in [0.5, 0.6) is 5.75 Å². The number of carbonyl (C=O) groups is 1. The largest absolute Gasteiger partial charge is 0.497 e. The topological polar surface area (TPSA) is 46.5 Å². The minimum Gasteiger partial charge on any atom is -0.497 e. The standard InChI is InChI=1S/C15H16O3/c1-18-11-4-2-10(3-5-11)12-6-7-13-14(16)8-9-15(12,13)17/h2-6,13,17H,7-9H2,1H3/t13-,15-/m1/s1. The molecule has 2 aliphatic carbocycles. The van der Waals surface area contributed by atoms with Gasteiger partial charge in [0, 0.05) is 6.42 Å². The number of fused-ring (bicyclic) bond motifs is 1.